The number of anilines is 1. The number of carbonyl (C=O) groups is 1. The van der Waals surface area contributed by atoms with Gasteiger partial charge < -0.3 is 9.47 Å². The second-order valence-corrected chi connectivity index (χ2v) is 11.2. The standard InChI is InChI=1S/C23H27FN4O3S2/c1-14-9-11-28(12-10-14)23(29)21-15(2)25-22(32-21)19-13-20(16(3)27(19)4)33(30,31)26-18-7-5-17(24)6-8-18/h5-8,13-14,26H,9-12H2,1-4H3. The first kappa shape index (κ1) is 23.4. The van der Waals surface area contributed by atoms with Gasteiger partial charge >= 0.3 is 0 Å². The number of rotatable bonds is 5. The Hall–Kier alpha value is -2.72. The molecular weight excluding hydrogens is 463 g/mol. The maximum absolute atomic E-state index is 13.2. The summed E-state index contributed by atoms with van der Waals surface area (Å²) in [7, 11) is -2.13. The van der Waals surface area contributed by atoms with Crippen molar-refractivity contribution in [2.75, 3.05) is 17.8 Å². The number of piperidine rings is 1. The van der Waals surface area contributed by atoms with Crippen molar-refractivity contribution >= 4 is 33.0 Å². The van der Waals surface area contributed by atoms with Crippen LogP contribution >= 0.6 is 11.3 Å². The number of thiazole rings is 1. The average molecular weight is 491 g/mol. The number of likely N-dealkylation sites (tertiary alicyclic amines) is 1. The molecule has 1 aliphatic heterocycles. The fourth-order valence-electron chi connectivity index (χ4n) is 3.94. The Bertz CT molecular complexity index is 1290. The number of aromatic nitrogens is 2. The van der Waals surface area contributed by atoms with Crippen LogP contribution in [0.4, 0.5) is 10.1 Å². The first-order valence-electron chi connectivity index (χ1n) is 10.8. The number of benzene rings is 1. The molecule has 0 saturated carbocycles. The maximum atomic E-state index is 13.2. The number of hydrogen-bond donors (Lipinski definition) is 1. The van der Waals surface area contributed by atoms with Gasteiger partial charge in [0.05, 0.1) is 11.4 Å². The summed E-state index contributed by atoms with van der Waals surface area (Å²) in [6, 6.07) is 6.70. The molecule has 4 rings (SSSR count). The largest absolute Gasteiger partial charge is 0.345 e. The molecule has 176 valence electrons. The lowest BCUT2D eigenvalue weighted by atomic mass is 9.99. The normalized spacial score (nSPS) is 15.1. The first-order chi connectivity index (χ1) is 15.6. The summed E-state index contributed by atoms with van der Waals surface area (Å²) in [5, 5.41) is 0.593. The topological polar surface area (TPSA) is 84.3 Å². The van der Waals surface area contributed by atoms with E-state index in [0.717, 1.165) is 25.9 Å². The van der Waals surface area contributed by atoms with E-state index in [9.17, 15) is 17.6 Å². The van der Waals surface area contributed by atoms with E-state index in [2.05, 4.69) is 16.6 Å². The van der Waals surface area contributed by atoms with E-state index < -0.39 is 15.8 Å². The zero-order chi connectivity index (χ0) is 23.9. The molecule has 7 nitrogen and oxygen atoms in total. The fourth-order valence-corrected chi connectivity index (χ4v) is 6.37. The summed E-state index contributed by atoms with van der Waals surface area (Å²) in [4.78, 5) is 20.2. The molecule has 1 aromatic carbocycles. The summed E-state index contributed by atoms with van der Waals surface area (Å²) in [6.07, 6.45) is 1.99. The molecule has 0 atom stereocenters. The first-order valence-corrected chi connectivity index (χ1v) is 13.1. The van der Waals surface area contributed by atoms with Crippen LogP contribution in [0.25, 0.3) is 10.7 Å². The Morgan fingerprint density at radius 2 is 1.82 bits per heavy atom. The lowest BCUT2D eigenvalue weighted by Crippen LogP contribution is -2.37. The second kappa shape index (κ2) is 8.90. The van der Waals surface area contributed by atoms with E-state index in [-0.39, 0.29) is 16.5 Å². The molecule has 2 aromatic heterocycles. The minimum absolute atomic E-state index is 0.0140. The number of halogens is 1. The number of hydrogen-bond acceptors (Lipinski definition) is 5. The van der Waals surface area contributed by atoms with Gasteiger partial charge in [0.15, 0.2) is 0 Å². The third-order valence-electron chi connectivity index (χ3n) is 6.16. The summed E-state index contributed by atoms with van der Waals surface area (Å²) in [5.41, 5.74) is 2.07. The number of sulfonamides is 1. The molecule has 0 unspecified atom stereocenters. The van der Waals surface area contributed by atoms with Crippen molar-refractivity contribution in [3.05, 3.63) is 52.4 Å². The van der Waals surface area contributed by atoms with Crippen LogP contribution in [-0.4, -0.2) is 41.9 Å². The van der Waals surface area contributed by atoms with Gasteiger partial charge in [-0.25, -0.2) is 17.8 Å². The minimum atomic E-state index is -3.90. The summed E-state index contributed by atoms with van der Waals surface area (Å²) in [6.45, 7) is 7.21. The third-order valence-corrected chi connectivity index (χ3v) is 8.82. The molecule has 1 saturated heterocycles. The molecule has 1 amide bonds. The van der Waals surface area contributed by atoms with Crippen LogP contribution in [0, 0.1) is 25.6 Å². The van der Waals surface area contributed by atoms with E-state index in [0.29, 0.717) is 32.9 Å². The van der Waals surface area contributed by atoms with Crippen LogP contribution in [0.5, 0.6) is 0 Å². The Kier molecular flexibility index (Phi) is 6.32. The van der Waals surface area contributed by atoms with Gasteiger partial charge in [-0.15, -0.1) is 11.3 Å². The lowest BCUT2D eigenvalue weighted by Gasteiger charge is -2.30. The van der Waals surface area contributed by atoms with Crippen LogP contribution < -0.4 is 4.72 Å². The zero-order valence-corrected chi connectivity index (χ0v) is 20.7. The van der Waals surface area contributed by atoms with Crippen LogP contribution in [0.2, 0.25) is 0 Å². The van der Waals surface area contributed by atoms with Crippen molar-refractivity contribution in [2.45, 2.75) is 38.5 Å². The van der Waals surface area contributed by atoms with Crippen molar-refractivity contribution < 1.29 is 17.6 Å². The molecule has 0 spiro atoms. The van der Waals surface area contributed by atoms with Crippen LogP contribution in [0.3, 0.4) is 0 Å². The Labute approximate surface area is 197 Å². The van der Waals surface area contributed by atoms with Crippen molar-refractivity contribution in [1.29, 1.82) is 0 Å². The van der Waals surface area contributed by atoms with E-state index >= 15 is 0 Å². The van der Waals surface area contributed by atoms with Gasteiger partial charge in [-0.2, -0.15) is 0 Å². The monoisotopic (exact) mass is 490 g/mol. The van der Waals surface area contributed by atoms with Gasteiger partial charge in [-0.3, -0.25) is 9.52 Å². The number of nitrogens with one attached hydrogen (secondary N) is 1. The second-order valence-electron chi connectivity index (χ2n) is 8.56. The van der Waals surface area contributed by atoms with Crippen LogP contribution in [0.15, 0.2) is 35.2 Å². The van der Waals surface area contributed by atoms with Crippen LogP contribution in [0.1, 0.15) is 40.8 Å². The highest BCUT2D eigenvalue weighted by molar-refractivity contribution is 7.92. The van der Waals surface area contributed by atoms with Gasteiger partial charge in [-0.05, 0) is 62.9 Å². The molecule has 0 bridgehead atoms. The number of amides is 1. The summed E-state index contributed by atoms with van der Waals surface area (Å²) in [5.74, 6) is 0.169. The average Bonchev–Trinajstić information content (AvgIpc) is 3.30. The van der Waals surface area contributed by atoms with E-state index in [1.165, 1.54) is 35.6 Å². The van der Waals surface area contributed by atoms with Gasteiger partial charge in [-0.1, -0.05) is 6.92 Å². The van der Waals surface area contributed by atoms with Gasteiger partial charge in [0, 0.05) is 31.5 Å². The quantitative estimate of drug-likeness (QED) is 0.568. The van der Waals surface area contributed by atoms with E-state index in [4.69, 9.17) is 0 Å². The van der Waals surface area contributed by atoms with E-state index in [1.807, 2.05) is 11.8 Å². The van der Waals surface area contributed by atoms with Gasteiger partial charge in [0.25, 0.3) is 15.9 Å². The smallest absolute Gasteiger partial charge is 0.265 e. The van der Waals surface area contributed by atoms with Crippen molar-refractivity contribution in [3.8, 4) is 10.7 Å². The minimum Gasteiger partial charge on any atom is -0.345 e. The molecule has 1 N–H and O–H groups in total. The summed E-state index contributed by atoms with van der Waals surface area (Å²) < 4.78 is 43.5. The predicted molar refractivity (Wildman–Crippen MR) is 128 cm³/mol. The van der Waals surface area contributed by atoms with Crippen LogP contribution in [-0.2, 0) is 17.1 Å². The lowest BCUT2D eigenvalue weighted by molar-refractivity contribution is 0.0701. The highest BCUT2D eigenvalue weighted by atomic mass is 32.2. The highest BCUT2D eigenvalue weighted by Gasteiger charge is 2.28. The third kappa shape index (κ3) is 4.67. The fraction of sp³-hybridized carbons (Fsp3) is 0.391. The van der Waals surface area contributed by atoms with Crippen molar-refractivity contribution in [2.24, 2.45) is 13.0 Å². The molecule has 3 aromatic rings. The number of carbonyl (C=O) groups excluding carboxylic acids is 1. The summed E-state index contributed by atoms with van der Waals surface area (Å²) >= 11 is 1.29. The predicted octanol–water partition coefficient (Wildman–Crippen LogP) is 4.58. The molecule has 10 heteroatoms. The molecule has 0 aliphatic carbocycles. The SMILES string of the molecule is Cc1nc(-c2cc(S(=O)(=O)Nc3ccc(F)cc3)c(C)n2C)sc1C(=O)N1CCC(C)CC1. The molecule has 3 heterocycles. The molecule has 1 aliphatic rings. The number of aryl methyl sites for hydroxylation is 1. The van der Waals surface area contributed by atoms with Gasteiger partial charge in [0.1, 0.15) is 20.6 Å². The number of nitrogens with zero attached hydrogens (tertiary/aromatic N) is 3. The maximum Gasteiger partial charge on any atom is 0.265 e. The highest BCUT2D eigenvalue weighted by Crippen LogP contribution is 2.34. The van der Waals surface area contributed by atoms with Crippen molar-refractivity contribution in [1.82, 2.24) is 14.5 Å². The zero-order valence-electron chi connectivity index (χ0n) is 19.1. The molecular formula is C23H27FN4O3S2. The Morgan fingerprint density at radius 1 is 1.18 bits per heavy atom. The molecule has 1 fully saturated rings. The molecule has 33 heavy (non-hydrogen) atoms. The van der Waals surface area contributed by atoms with E-state index in [1.54, 1.807) is 24.6 Å². The van der Waals surface area contributed by atoms with Crippen molar-refractivity contribution in [3.63, 3.8) is 0 Å². The van der Waals surface area contributed by atoms with Gasteiger partial charge in [0.2, 0.25) is 0 Å². The Morgan fingerprint density at radius 3 is 2.45 bits per heavy atom. The molecule has 0 radical (unpaired) electrons. The Balaban J connectivity index is 1.63.